The highest BCUT2D eigenvalue weighted by molar-refractivity contribution is 6.30. The topological polar surface area (TPSA) is 95.2 Å². The van der Waals surface area contributed by atoms with Crippen LogP contribution in [0.25, 0.3) is 22.1 Å². The monoisotopic (exact) mass is 476 g/mol. The normalized spacial score (nSPS) is 16.7. The number of halogens is 1. The molecule has 2 aliphatic heterocycles. The number of aromatic hydroxyl groups is 1. The fraction of sp³-hybridized carbons (Fsp3) is 0.154. The maximum atomic E-state index is 13.4. The third-order valence-corrected chi connectivity index (χ3v) is 6.35. The van der Waals surface area contributed by atoms with Crippen LogP contribution in [0.5, 0.6) is 23.0 Å². The molecule has 3 aromatic carbocycles. The number of carbonyl (C=O) groups is 1. The van der Waals surface area contributed by atoms with Crippen LogP contribution >= 0.6 is 11.6 Å². The summed E-state index contributed by atoms with van der Waals surface area (Å²) in [5.41, 5.74) is 1.95. The van der Waals surface area contributed by atoms with E-state index >= 15 is 0 Å². The smallest absolute Gasteiger partial charge is 0.312 e. The summed E-state index contributed by atoms with van der Waals surface area (Å²) < 4.78 is 22.7. The van der Waals surface area contributed by atoms with Gasteiger partial charge >= 0.3 is 5.97 Å². The van der Waals surface area contributed by atoms with Crippen molar-refractivity contribution >= 4 is 28.5 Å². The maximum Gasteiger partial charge on any atom is 0.312 e. The van der Waals surface area contributed by atoms with Gasteiger partial charge in [0.25, 0.3) is 0 Å². The molecule has 0 radical (unpaired) electrons. The maximum absolute atomic E-state index is 13.4. The number of hydrogen-bond donors (Lipinski definition) is 1. The lowest BCUT2D eigenvalue weighted by Crippen LogP contribution is -2.22. The zero-order valence-corrected chi connectivity index (χ0v) is 18.4. The molecule has 6 rings (SSSR count). The van der Waals surface area contributed by atoms with Crippen molar-refractivity contribution in [2.75, 3.05) is 13.2 Å². The average molecular weight is 477 g/mol. The van der Waals surface area contributed by atoms with Gasteiger partial charge in [-0.2, -0.15) is 0 Å². The minimum atomic E-state index is -0.472. The molecule has 1 atom stereocenters. The second-order valence-electron chi connectivity index (χ2n) is 8.13. The molecule has 0 amide bonds. The highest BCUT2D eigenvalue weighted by Crippen LogP contribution is 2.47. The first kappa shape index (κ1) is 20.6. The molecular formula is C26H17ClO7. The van der Waals surface area contributed by atoms with Gasteiger partial charge in [0.1, 0.15) is 41.9 Å². The van der Waals surface area contributed by atoms with Crippen LogP contribution in [0.15, 0.2) is 64.0 Å². The summed E-state index contributed by atoms with van der Waals surface area (Å²) in [7, 11) is 0. The molecule has 170 valence electrons. The van der Waals surface area contributed by atoms with Crippen molar-refractivity contribution in [3.63, 3.8) is 0 Å². The predicted molar refractivity (Wildman–Crippen MR) is 124 cm³/mol. The summed E-state index contributed by atoms with van der Waals surface area (Å²) in [6.07, 6.45) is 1.39. The van der Waals surface area contributed by atoms with Gasteiger partial charge in [-0.25, -0.2) is 0 Å². The predicted octanol–water partition coefficient (Wildman–Crippen LogP) is 5.03. The molecule has 0 bridgehead atoms. The van der Waals surface area contributed by atoms with Crippen LogP contribution in [0.1, 0.15) is 23.5 Å². The molecule has 1 aromatic heterocycles. The van der Waals surface area contributed by atoms with Crippen LogP contribution in [0.2, 0.25) is 5.02 Å². The van der Waals surface area contributed by atoms with E-state index in [1.807, 2.05) is 12.1 Å². The van der Waals surface area contributed by atoms with Gasteiger partial charge in [-0.1, -0.05) is 29.8 Å². The number of phenolic OH excluding ortho intramolecular Hbond substituents is 1. The molecule has 0 fully saturated rings. The van der Waals surface area contributed by atoms with E-state index in [4.69, 9.17) is 30.2 Å². The Bertz CT molecular complexity index is 1520. The number of esters is 1. The summed E-state index contributed by atoms with van der Waals surface area (Å²) in [6, 6.07) is 13.5. The first-order valence-electron chi connectivity index (χ1n) is 10.7. The van der Waals surface area contributed by atoms with Crippen molar-refractivity contribution in [1.82, 2.24) is 0 Å². The van der Waals surface area contributed by atoms with Gasteiger partial charge in [0.15, 0.2) is 11.5 Å². The number of carbonyl (C=O) groups excluding carboxylic acids is 1. The quantitative estimate of drug-likeness (QED) is 0.320. The Kier molecular flexibility index (Phi) is 4.74. The SMILES string of the molecule is O=C1C[C@H](c2ccc3c(c2)OCCO3)c2c(cc(O)c3c(=O)c(-c4ccc(Cl)cc4)coc23)O1. The second-order valence-corrected chi connectivity index (χ2v) is 8.57. The van der Waals surface area contributed by atoms with Crippen LogP contribution in [0, 0.1) is 0 Å². The van der Waals surface area contributed by atoms with E-state index in [-0.39, 0.29) is 34.5 Å². The minimum Gasteiger partial charge on any atom is -0.507 e. The van der Waals surface area contributed by atoms with Gasteiger partial charge < -0.3 is 23.7 Å². The lowest BCUT2D eigenvalue weighted by atomic mass is 9.84. The fourth-order valence-electron chi connectivity index (χ4n) is 4.52. The van der Waals surface area contributed by atoms with Gasteiger partial charge in [-0.3, -0.25) is 9.59 Å². The highest BCUT2D eigenvalue weighted by atomic mass is 35.5. The van der Waals surface area contributed by atoms with Crippen LogP contribution in [0.3, 0.4) is 0 Å². The number of benzene rings is 3. The summed E-state index contributed by atoms with van der Waals surface area (Å²) in [4.78, 5) is 25.8. The van der Waals surface area contributed by atoms with Crippen LogP contribution < -0.4 is 19.6 Å². The first-order chi connectivity index (χ1) is 16.5. The highest BCUT2D eigenvalue weighted by Gasteiger charge is 2.34. The third kappa shape index (κ3) is 3.28. The van der Waals surface area contributed by atoms with E-state index in [0.717, 1.165) is 5.56 Å². The van der Waals surface area contributed by atoms with Crippen molar-refractivity contribution < 1.29 is 28.5 Å². The molecule has 7 nitrogen and oxygen atoms in total. The minimum absolute atomic E-state index is 0.0201. The zero-order chi connectivity index (χ0) is 23.4. The Morgan fingerprint density at radius 2 is 1.68 bits per heavy atom. The Morgan fingerprint density at radius 1 is 0.912 bits per heavy atom. The molecule has 1 N–H and O–H groups in total. The summed E-state index contributed by atoms with van der Waals surface area (Å²) in [5.74, 6) is 0.116. The van der Waals surface area contributed by atoms with Gasteiger partial charge in [-0.05, 0) is 35.4 Å². The molecule has 2 aliphatic rings. The summed E-state index contributed by atoms with van der Waals surface area (Å²) in [5, 5.41) is 11.3. The third-order valence-electron chi connectivity index (χ3n) is 6.09. The Labute approximate surface area is 198 Å². The van der Waals surface area contributed by atoms with Crippen molar-refractivity contribution in [2.45, 2.75) is 12.3 Å². The van der Waals surface area contributed by atoms with Crippen LogP contribution in [-0.4, -0.2) is 24.3 Å². The summed E-state index contributed by atoms with van der Waals surface area (Å²) >= 11 is 5.97. The number of rotatable bonds is 2. The average Bonchev–Trinajstić information content (AvgIpc) is 2.84. The Balaban J connectivity index is 1.56. The fourth-order valence-corrected chi connectivity index (χ4v) is 4.65. The Morgan fingerprint density at radius 3 is 2.47 bits per heavy atom. The molecule has 0 spiro atoms. The van der Waals surface area contributed by atoms with Crippen molar-refractivity contribution in [1.29, 1.82) is 0 Å². The molecule has 0 saturated heterocycles. The number of ether oxygens (including phenoxy) is 3. The Hall–Kier alpha value is -3.97. The molecule has 8 heteroatoms. The van der Waals surface area contributed by atoms with E-state index < -0.39 is 17.3 Å². The van der Waals surface area contributed by atoms with Crippen LogP contribution in [0.4, 0.5) is 0 Å². The van der Waals surface area contributed by atoms with E-state index in [2.05, 4.69) is 0 Å². The number of fused-ring (bicyclic) bond motifs is 4. The molecule has 4 aromatic rings. The van der Waals surface area contributed by atoms with E-state index in [1.165, 1.54) is 12.3 Å². The largest absolute Gasteiger partial charge is 0.507 e. The molecule has 3 heterocycles. The molecule has 0 aliphatic carbocycles. The van der Waals surface area contributed by atoms with Crippen molar-refractivity contribution in [2.24, 2.45) is 0 Å². The van der Waals surface area contributed by atoms with Crippen LogP contribution in [-0.2, 0) is 4.79 Å². The first-order valence-corrected chi connectivity index (χ1v) is 11.0. The molecular weight excluding hydrogens is 460 g/mol. The van der Waals surface area contributed by atoms with E-state index in [0.29, 0.717) is 40.9 Å². The lowest BCUT2D eigenvalue weighted by Gasteiger charge is -2.27. The van der Waals surface area contributed by atoms with Crippen molar-refractivity contribution in [3.05, 3.63) is 81.2 Å². The van der Waals surface area contributed by atoms with Gasteiger partial charge in [-0.15, -0.1) is 0 Å². The van der Waals surface area contributed by atoms with E-state index in [9.17, 15) is 14.7 Å². The zero-order valence-electron chi connectivity index (χ0n) is 17.7. The standard InChI is InChI=1S/C26H17ClO7/c27-15-4-1-13(2-5-15)17-12-33-26-23-16(14-3-6-19-20(9-14)32-8-7-31-19)10-22(29)34-21(23)11-18(28)24(26)25(17)30/h1-6,9,11-12,16,28H,7-8,10H2/t16-/m1/s1. The van der Waals surface area contributed by atoms with Gasteiger partial charge in [0.2, 0.25) is 5.43 Å². The molecule has 0 unspecified atom stereocenters. The summed E-state index contributed by atoms with van der Waals surface area (Å²) in [6.45, 7) is 0.898. The van der Waals surface area contributed by atoms with Gasteiger partial charge in [0.05, 0.1) is 12.0 Å². The molecule has 0 saturated carbocycles. The number of phenols is 1. The molecule has 34 heavy (non-hydrogen) atoms. The second kappa shape index (κ2) is 7.81. The van der Waals surface area contributed by atoms with Crippen molar-refractivity contribution in [3.8, 4) is 34.1 Å². The van der Waals surface area contributed by atoms with E-state index in [1.54, 1.807) is 30.3 Å². The number of hydrogen-bond acceptors (Lipinski definition) is 7. The lowest BCUT2D eigenvalue weighted by molar-refractivity contribution is -0.135. The van der Waals surface area contributed by atoms with Gasteiger partial charge in [0, 0.05) is 22.6 Å².